The SMILES string of the molecule is Cc1cc(C)c(C(=O)OCCCCCCCCC(C)(Cc2ccccc2)Cc2ccccc2)c(C)c1. The lowest BCUT2D eigenvalue weighted by atomic mass is 9.74. The third-order valence-electron chi connectivity index (χ3n) is 7.24. The molecule has 0 N–H and O–H groups in total. The maximum absolute atomic E-state index is 12.5. The van der Waals surface area contributed by atoms with Gasteiger partial charge in [-0.1, -0.05) is 117 Å². The first-order valence-electron chi connectivity index (χ1n) is 13.7. The molecule has 0 saturated heterocycles. The van der Waals surface area contributed by atoms with Gasteiger partial charge in [-0.15, -0.1) is 0 Å². The van der Waals surface area contributed by atoms with Crippen LogP contribution in [-0.4, -0.2) is 12.6 Å². The van der Waals surface area contributed by atoms with Crippen LogP contribution in [0.1, 0.15) is 90.0 Å². The van der Waals surface area contributed by atoms with Crippen LogP contribution >= 0.6 is 0 Å². The number of carbonyl (C=O) groups excluding carboxylic acids is 1. The molecule has 0 radical (unpaired) electrons. The smallest absolute Gasteiger partial charge is 0.338 e. The van der Waals surface area contributed by atoms with Crippen molar-refractivity contribution in [3.63, 3.8) is 0 Å². The van der Waals surface area contributed by atoms with Crippen molar-refractivity contribution in [1.29, 1.82) is 0 Å². The van der Waals surface area contributed by atoms with Gasteiger partial charge in [0.1, 0.15) is 0 Å². The third-order valence-corrected chi connectivity index (χ3v) is 7.24. The van der Waals surface area contributed by atoms with E-state index in [0.717, 1.165) is 42.4 Å². The molecule has 3 rings (SSSR count). The van der Waals surface area contributed by atoms with Crippen LogP contribution in [0.5, 0.6) is 0 Å². The molecule has 0 heterocycles. The van der Waals surface area contributed by atoms with Crippen molar-refractivity contribution in [2.45, 2.75) is 85.5 Å². The minimum absolute atomic E-state index is 0.180. The molecule has 3 aromatic carbocycles. The van der Waals surface area contributed by atoms with Crippen LogP contribution in [0.2, 0.25) is 0 Å². The van der Waals surface area contributed by atoms with Gasteiger partial charge in [0.15, 0.2) is 0 Å². The summed E-state index contributed by atoms with van der Waals surface area (Å²) in [5, 5.41) is 0. The molecule has 36 heavy (non-hydrogen) atoms. The molecule has 0 saturated carbocycles. The van der Waals surface area contributed by atoms with Gasteiger partial charge in [-0.2, -0.15) is 0 Å². The van der Waals surface area contributed by atoms with E-state index in [-0.39, 0.29) is 11.4 Å². The van der Waals surface area contributed by atoms with Crippen LogP contribution in [0.3, 0.4) is 0 Å². The summed E-state index contributed by atoms with van der Waals surface area (Å²) in [6.45, 7) is 9.00. The van der Waals surface area contributed by atoms with Crippen molar-refractivity contribution in [3.8, 4) is 0 Å². The summed E-state index contributed by atoms with van der Waals surface area (Å²) in [6, 6.07) is 26.0. The predicted molar refractivity (Wildman–Crippen MR) is 152 cm³/mol. The standard InChI is InChI=1S/C34H44O2/c1-27-23-28(2)32(29(3)24-27)33(35)36-22-16-8-6-5-7-15-21-34(4,25-30-17-11-9-12-18-30)26-31-19-13-10-14-20-31/h9-14,17-20,23-24H,5-8,15-16,21-22,25-26H2,1-4H3. The van der Waals surface area contributed by atoms with E-state index in [1.54, 1.807) is 0 Å². The Morgan fingerprint density at radius 3 is 1.69 bits per heavy atom. The van der Waals surface area contributed by atoms with Crippen molar-refractivity contribution < 1.29 is 9.53 Å². The minimum atomic E-state index is -0.180. The average Bonchev–Trinajstić information content (AvgIpc) is 2.83. The van der Waals surface area contributed by atoms with Crippen LogP contribution in [0.15, 0.2) is 72.8 Å². The Labute approximate surface area is 219 Å². The quantitative estimate of drug-likeness (QED) is 0.168. The first-order valence-corrected chi connectivity index (χ1v) is 13.7. The van der Waals surface area contributed by atoms with Gasteiger partial charge in [0.2, 0.25) is 0 Å². The Bertz CT molecular complexity index is 1000. The highest BCUT2D eigenvalue weighted by Gasteiger charge is 2.24. The van der Waals surface area contributed by atoms with Crippen molar-refractivity contribution in [3.05, 3.63) is 106 Å². The lowest BCUT2D eigenvalue weighted by Crippen LogP contribution is -2.23. The van der Waals surface area contributed by atoms with E-state index >= 15 is 0 Å². The Kier molecular flexibility index (Phi) is 10.8. The zero-order chi connectivity index (χ0) is 25.8. The van der Waals surface area contributed by atoms with E-state index in [4.69, 9.17) is 4.74 Å². The van der Waals surface area contributed by atoms with E-state index in [2.05, 4.69) is 74.5 Å². The van der Waals surface area contributed by atoms with Crippen molar-refractivity contribution in [2.24, 2.45) is 5.41 Å². The van der Waals surface area contributed by atoms with Gasteiger partial charge < -0.3 is 4.74 Å². The molecule has 192 valence electrons. The summed E-state index contributed by atoms with van der Waals surface area (Å²) in [5.74, 6) is -0.180. The molecule has 2 nitrogen and oxygen atoms in total. The second-order valence-electron chi connectivity index (χ2n) is 10.9. The predicted octanol–water partition coefficient (Wildman–Crippen LogP) is 8.99. The number of aryl methyl sites for hydroxylation is 3. The Balaban J connectivity index is 1.36. The fraction of sp³-hybridized carbons (Fsp3) is 0.441. The normalized spacial score (nSPS) is 11.4. The fourth-order valence-electron chi connectivity index (χ4n) is 5.52. The molecule has 3 aromatic rings. The van der Waals surface area contributed by atoms with Gasteiger partial charge >= 0.3 is 5.97 Å². The maximum Gasteiger partial charge on any atom is 0.338 e. The molecular weight excluding hydrogens is 440 g/mol. The lowest BCUT2D eigenvalue weighted by molar-refractivity contribution is 0.0496. The van der Waals surface area contributed by atoms with Crippen molar-refractivity contribution in [1.82, 2.24) is 0 Å². The molecule has 0 aliphatic rings. The zero-order valence-corrected chi connectivity index (χ0v) is 22.8. The van der Waals surface area contributed by atoms with Gasteiger partial charge in [0.05, 0.1) is 12.2 Å². The minimum Gasteiger partial charge on any atom is -0.462 e. The van der Waals surface area contributed by atoms with Crippen molar-refractivity contribution in [2.75, 3.05) is 6.61 Å². The summed E-state index contributed by atoms with van der Waals surface area (Å²) in [4.78, 5) is 12.5. The van der Waals surface area contributed by atoms with Gasteiger partial charge in [0, 0.05) is 0 Å². The number of rotatable bonds is 14. The van der Waals surface area contributed by atoms with Crippen LogP contribution < -0.4 is 0 Å². The molecule has 0 aliphatic carbocycles. The molecular formula is C34H44O2. The number of hydrogen-bond donors (Lipinski definition) is 0. The number of esters is 1. The monoisotopic (exact) mass is 484 g/mol. The Morgan fingerprint density at radius 1 is 0.694 bits per heavy atom. The van der Waals surface area contributed by atoms with E-state index in [1.165, 1.54) is 48.8 Å². The zero-order valence-electron chi connectivity index (χ0n) is 22.8. The van der Waals surface area contributed by atoms with E-state index in [9.17, 15) is 4.79 Å². The summed E-state index contributed by atoms with van der Waals surface area (Å²) in [5.41, 5.74) is 7.05. The van der Waals surface area contributed by atoms with Gasteiger partial charge in [-0.3, -0.25) is 0 Å². The molecule has 0 fully saturated rings. The van der Waals surface area contributed by atoms with Crippen molar-refractivity contribution >= 4 is 5.97 Å². The third kappa shape index (κ3) is 8.97. The number of carbonyl (C=O) groups is 1. The summed E-state index contributed by atoms with van der Waals surface area (Å²) in [6.07, 6.45) is 10.5. The first kappa shape index (κ1) is 27.7. The molecule has 0 bridgehead atoms. The second kappa shape index (κ2) is 14.0. The van der Waals surface area contributed by atoms with E-state index in [0.29, 0.717) is 6.61 Å². The fourth-order valence-corrected chi connectivity index (χ4v) is 5.52. The van der Waals surface area contributed by atoms with Crippen LogP contribution in [0, 0.1) is 26.2 Å². The molecule has 0 aromatic heterocycles. The molecule has 2 heteroatoms. The molecule has 0 amide bonds. The topological polar surface area (TPSA) is 26.3 Å². The second-order valence-corrected chi connectivity index (χ2v) is 10.9. The van der Waals surface area contributed by atoms with Gasteiger partial charge in [-0.05, 0) is 74.1 Å². The number of ether oxygens (including phenoxy) is 1. The summed E-state index contributed by atoms with van der Waals surface area (Å²) in [7, 11) is 0. The molecule has 0 aliphatic heterocycles. The molecule has 0 atom stereocenters. The first-order chi connectivity index (χ1) is 17.4. The molecule has 0 unspecified atom stereocenters. The highest BCUT2D eigenvalue weighted by Crippen LogP contribution is 2.33. The summed E-state index contributed by atoms with van der Waals surface area (Å²) < 4.78 is 5.58. The Morgan fingerprint density at radius 2 is 1.17 bits per heavy atom. The molecule has 0 spiro atoms. The average molecular weight is 485 g/mol. The lowest BCUT2D eigenvalue weighted by Gasteiger charge is -2.30. The highest BCUT2D eigenvalue weighted by atomic mass is 16.5. The number of unbranched alkanes of at least 4 members (excludes halogenated alkanes) is 5. The summed E-state index contributed by atoms with van der Waals surface area (Å²) >= 11 is 0. The highest BCUT2D eigenvalue weighted by molar-refractivity contribution is 5.92. The van der Waals surface area contributed by atoms with Crippen LogP contribution in [-0.2, 0) is 17.6 Å². The maximum atomic E-state index is 12.5. The largest absolute Gasteiger partial charge is 0.462 e. The van der Waals surface area contributed by atoms with Crippen LogP contribution in [0.4, 0.5) is 0 Å². The van der Waals surface area contributed by atoms with Gasteiger partial charge in [0.25, 0.3) is 0 Å². The van der Waals surface area contributed by atoms with Gasteiger partial charge in [-0.25, -0.2) is 4.79 Å². The number of benzene rings is 3. The number of hydrogen-bond acceptors (Lipinski definition) is 2. The van der Waals surface area contributed by atoms with E-state index in [1.807, 2.05) is 26.0 Å². The van der Waals surface area contributed by atoms with Crippen LogP contribution in [0.25, 0.3) is 0 Å². The Hall–Kier alpha value is -2.87. The van der Waals surface area contributed by atoms with E-state index < -0.39 is 0 Å².